The van der Waals surface area contributed by atoms with Crippen molar-refractivity contribution in [2.24, 2.45) is 0 Å². The summed E-state index contributed by atoms with van der Waals surface area (Å²) in [6.45, 7) is 3.25. The first-order valence-corrected chi connectivity index (χ1v) is 9.26. The Morgan fingerprint density at radius 3 is 2.88 bits per heavy atom. The number of nitrogens with one attached hydrogen (secondary N) is 1. The summed E-state index contributed by atoms with van der Waals surface area (Å²) < 4.78 is 12.1. The lowest BCUT2D eigenvalue weighted by molar-refractivity contribution is 0.123. The topological polar surface area (TPSA) is 76.2 Å². The smallest absolute Gasteiger partial charge is 0.178 e. The van der Waals surface area contributed by atoms with Crippen molar-refractivity contribution in [3.05, 3.63) is 30.5 Å². The highest BCUT2D eigenvalue weighted by atomic mass is 32.1. The standard InChI is InChI=1S/C18H17N5O2S/c1-24-13-5-4-12(23-7-9-25-10-8-23)15-14(13)21-18(26-15)17-20-11-3-2-6-19-16(11)22-17/h2-6H,7-10H2,1H3,(H,19,20,22). The molecule has 8 heteroatoms. The van der Waals surface area contributed by atoms with Crippen molar-refractivity contribution < 1.29 is 9.47 Å². The van der Waals surface area contributed by atoms with Gasteiger partial charge in [0.1, 0.15) is 11.3 Å². The van der Waals surface area contributed by atoms with E-state index < -0.39 is 0 Å². The number of pyridine rings is 1. The fourth-order valence-electron chi connectivity index (χ4n) is 3.24. The molecule has 26 heavy (non-hydrogen) atoms. The number of nitrogens with zero attached hydrogens (tertiary/aromatic N) is 4. The van der Waals surface area contributed by atoms with Crippen molar-refractivity contribution in [1.82, 2.24) is 19.9 Å². The van der Waals surface area contributed by atoms with E-state index in [1.165, 1.54) is 5.69 Å². The molecule has 0 bridgehead atoms. The van der Waals surface area contributed by atoms with Crippen molar-refractivity contribution >= 4 is 38.4 Å². The number of rotatable bonds is 3. The Bertz CT molecular complexity index is 1050. The van der Waals surface area contributed by atoms with Gasteiger partial charge in [-0.1, -0.05) is 0 Å². The van der Waals surface area contributed by atoms with Crippen LogP contribution >= 0.6 is 11.3 Å². The molecule has 132 valence electrons. The van der Waals surface area contributed by atoms with Gasteiger partial charge in [-0.2, -0.15) is 0 Å². The molecular weight excluding hydrogens is 350 g/mol. The highest BCUT2D eigenvalue weighted by molar-refractivity contribution is 7.22. The number of thiazole rings is 1. The number of aromatic amines is 1. The van der Waals surface area contributed by atoms with Gasteiger partial charge in [0.15, 0.2) is 16.5 Å². The molecule has 0 radical (unpaired) electrons. The van der Waals surface area contributed by atoms with Gasteiger partial charge in [-0.15, -0.1) is 11.3 Å². The highest BCUT2D eigenvalue weighted by Crippen LogP contribution is 2.40. The summed E-state index contributed by atoms with van der Waals surface area (Å²) >= 11 is 1.62. The zero-order valence-electron chi connectivity index (χ0n) is 14.2. The zero-order valence-corrected chi connectivity index (χ0v) is 15.0. The van der Waals surface area contributed by atoms with Crippen molar-refractivity contribution in [2.75, 3.05) is 38.3 Å². The van der Waals surface area contributed by atoms with Crippen LogP contribution in [0.5, 0.6) is 5.75 Å². The molecule has 0 atom stereocenters. The molecule has 0 spiro atoms. The zero-order chi connectivity index (χ0) is 17.5. The third-order valence-electron chi connectivity index (χ3n) is 4.52. The second-order valence-corrected chi connectivity index (χ2v) is 7.04. The predicted octanol–water partition coefficient (Wildman–Crippen LogP) is 3.08. The lowest BCUT2D eigenvalue weighted by atomic mass is 10.2. The van der Waals surface area contributed by atoms with Crippen LogP contribution in [0.3, 0.4) is 0 Å². The highest BCUT2D eigenvalue weighted by Gasteiger charge is 2.20. The van der Waals surface area contributed by atoms with E-state index in [0.717, 1.165) is 58.6 Å². The van der Waals surface area contributed by atoms with Gasteiger partial charge in [0.2, 0.25) is 0 Å². The third-order valence-corrected chi connectivity index (χ3v) is 5.60. The SMILES string of the molecule is COc1ccc(N2CCOCC2)c2sc(-c3nc4ncccc4[nH]3)nc12. The van der Waals surface area contributed by atoms with Crippen LogP contribution in [0.1, 0.15) is 0 Å². The monoisotopic (exact) mass is 367 g/mol. The first-order chi connectivity index (χ1) is 12.8. The van der Waals surface area contributed by atoms with Crippen molar-refractivity contribution in [2.45, 2.75) is 0 Å². The van der Waals surface area contributed by atoms with Crippen molar-refractivity contribution in [1.29, 1.82) is 0 Å². The third kappa shape index (κ3) is 2.49. The van der Waals surface area contributed by atoms with Gasteiger partial charge in [0.25, 0.3) is 0 Å². The largest absolute Gasteiger partial charge is 0.494 e. The normalized spacial score (nSPS) is 15.0. The number of benzene rings is 1. The van der Waals surface area contributed by atoms with Crippen molar-refractivity contribution in [3.8, 4) is 16.6 Å². The summed E-state index contributed by atoms with van der Waals surface area (Å²) in [6, 6.07) is 7.94. The molecule has 0 saturated carbocycles. The molecule has 5 rings (SSSR count). The summed E-state index contributed by atoms with van der Waals surface area (Å²) in [5.74, 6) is 1.50. The molecule has 0 amide bonds. The maximum Gasteiger partial charge on any atom is 0.178 e. The van der Waals surface area contributed by atoms with E-state index in [-0.39, 0.29) is 0 Å². The van der Waals surface area contributed by atoms with Crippen LogP contribution in [-0.2, 0) is 4.74 Å². The minimum Gasteiger partial charge on any atom is -0.494 e. The molecule has 0 aliphatic carbocycles. The summed E-state index contributed by atoms with van der Waals surface area (Å²) in [7, 11) is 1.67. The Morgan fingerprint density at radius 2 is 2.08 bits per heavy atom. The van der Waals surface area contributed by atoms with E-state index >= 15 is 0 Å². The van der Waals surface area contributed by atoms with E-state index in [0.29, 0.717) is 5.65 Å². The van der Waals surface area contributed by atoms with Gasteiger partial charge >= 0.3 is 0 Å². The molecular formula is C18H17N5O2S. The Kier molecular flexibility index (Phi) is 3.72. The summed E-state index contributed by atoms with van der Waals surface area (Å²) in [5, 5.41) is 0.831. The van der Waals surface area contributed by atoms with E-state index in [2.05, 4.69) is 25.9 Å². The quantitative estimate of drug-likeness (QED) is 0.600. The lowest BCUT2D eigenvalue weighted by Crippen LogP contribution is -2.36. The average Bonchev–Trinajstić information content (AvgIpc) is 3.32. The number of anilines is 1. The Labute approximate surface area is 153 Å². The molecule has 4 heterocycles. The molecule has 4 aromatic rings. The molecule has 3 aromatic heterocycles. The predicted molar refractivity (Wildman–Crippen MR) is 102 cm³/mol. The second kappa shape index (κ2) is 6.22. The molecule has 1 aromatic carbocycles. The van der Waals surface area contributed by atoms with Crippen LogP contribution in [0.2, 0.25) is 0 Å². The number of morpholine rings is 1. The second-order valence-electron chi connectivity index (χ2n) is 6.04. The molecule has 1 N–H and O–H groups in total. The number of methoxy groups -OCH3 is 1. The van der Waals surface area contributed by atoms with Crippen LogP contribution in [0.25, 0.3) is 32.2 Å². The first-order valence-electron chi connectivity index (χ1n) is 8.45. The van der Waals surface area contributed by atoms with E-state index in [9.17, 15) is 0 Å². The molecule has 7 nitrogen and oxygen atoms in total. The molecule has 0 unspecified atom stereocenters. The average molecular weight is 367 g/mol. The van der Waals surface area contributed by atoms with Crippen molar-refractivity contribution in [3.63, 3.8) is 0 Å². The fraction of sp³-hybridized carbons (Fsp3) is 0.278. The molecule has 1 fully saturated rings. The van der Waals surface area contributed by atoms with Gasteiger partial charge in [-0.05, 0) is 24.3 Å². The van der Waals surface area contributed by atoms with Crippen LogP contribution in [-0.4, -0.2) is 53.3 Å². The maximum atomic E-state index is 5.54. The lowest BCUT2D eigenvalue weighted by Gasteiger charge is -2.29. The molecule has 1 saturated heterocycles. The van der Waals surface area contributed by atoms with Crippen LogP contribution < -0.4 is 9.64 Å². The maximum absolute atomic E-state index is 5.54. The number of hydrogen-bond donors (Lipinski definition) is 1. The Morgan fingerprint density at radius 1 is 1.19 bits per heavy atom. The summed E-state index contributed by atoms with van der Waals surface area (Å²) in [5.41, 5.74) is 3.64. The minimum absolute atomic E-state index is 0.696. The van der Waals surface area contributed by atoms with E-state index in [1.807, 2.05) is 18.2 Å². The van der Waals surface area contributed by atoms with Gasteiger partial charge in [0, 0.05) is 19.3 Å². The fourth-order valence-corrected chi connectivity index (χ4v) is 4.30. The minimum atomic E-state index is 0.696. The van der Waals surface area contributed by atoms with E-state index in [4.69, 9.17) is 14.5 Å². The number of ether oxygens (including phenoxy) is 2. The number of imidazole rings is 1. The Hall–Kier alpha value is -2.71. The summed E-state index contributed by atoms with van der Waals surface area (Å²) in [6.07, 6.45) is 1.74. The van der Waals surface area contributed by atoms with Gasteiger partial charge in [-0.3, -0.25) is 0 Å². The number of fused-ring (bicyclic) bond motifs is 2. The number of hydrogen-bond acceptors (Lipinski definition) is 7. The van der Waals surface area contributed by atoms with E-state index in [1.54, 1.807) is 24.6 Å². The number of aromatic nitrogens is 4. The molecule has 1 aliphatic heterocycles. The first kappa shape index (κ1) is 15.5. The van der Waals surface area contributed by atoms with Crippen LogP contribution in [0.4, 0.5) is 5.69 Å². The Balaban J connectivity index is 1.67. The van der Waals surface area contributed by atoms with Gasteiger partial charge in [0.05, 0.1) is 36.2 Å². The molecule has 1 aliphatic rings. The van der Waals surface area contributed by atoms with Gasteiger partial charge in [-0.25, -0.2) is 15.0 Å². The van der Waals surface area contributed by atoms with Gasteiger partial charge < -0.3 is 19.4 Å². The van der Waals surface area contributed by atoms with Crippen LogP contribution in [0, 0.1) is 0 Å². The number of H-pyrrole nitrogens is 1. The van der Waals surface area contributed by atoms with Crippen LogP contribution in [0.15, 0.2) is 30.5 Å². The summed E-state index contributed by atoms with van der Waals surface area (Å²) in [4.78, 5) is 19.3.